The van der Waals surface area contributed by atoms with Gasteiger partial charge in [-0.1, -0.05) is 23.2 Å². The molecule has 0 aliphatic rings. The van der Waals surface area contributed by atoms with Gasteiger partial charge in [-0.05, 0) is 43.3 Å². The zero-order valence-corrected chi connectivity index (χ0v) is 13.4. The Balaban J connectivity index is 2.06. The second-order valence-corrected chi connectivity index (χ2v) is 5.07. The van der Waals surface area contributed by atoms with Crippen molar-refractivity contribution in [1.82, 2.24) is 4.98 Å². The van der Waals surface area contributed by atoms with E-state index in [1.807, 2.05) is 0 Å². The standard InChI is InChI=1S/C15H13Cl2NO4/c1-9(15(19)20-2)21-10-3-5-11(6-4-10)22-14-12(16)7-8-13(17)18-14/h3-9H,1-2H3/t9-/m1/s1. The average Bonchev–Trinajstić information content (AvgIpc) is 2.52. The third-order valence-electron chi connectivity index (χ3n) is 2.66. The third-order valence-corrected chi connectivity index (χ3v) is 3.16. The van der Waals surface area contributed by atoms with Crippen molar-refractivity contribution in [3.05, 3.63) is 46.6 Å². The molecular formula is C15H13Cl2NO4. The minimum absolute atomic E-state index is 0.214. The number of carbonyl (C=O) groups excluding carboxylic acids is 1. The Morgan fingerprint density at radius 2 is 1.73 bits per heavy atom. The predicted octanol–water partition coefficient (Wildman–Crippen LogP) is 4.12. The molecular weight excluding hydrogens is 329 g/mol. The molecule has 0 aliphatic heterocycles. The van der Waals surface area contributed by atoms with Gasteiger partial charge in [0.25, 0.3) is 0 Å². The Kier molecular flexibility index (Phi) is 5.46. The Labute approximate surface area is 137 Å². The number of aromatic nitrogens is 1. The van der Waals surface area contributed by atoms with E-state index in [0.717, 1.165) is 0 Å². The number of methoxy groups -OCH3 is 1. The molecule has 0 radical (unpaired) electrons. The number of hydrogen-bond donors (Lipinski definition) is 0. The number of hydrogen-bond acceptors (Lipinski definition) is 5. The van der Waals surface area contributed by atoms with Gasteiger partial charge in [0.2, 0.25) is 5.88 Å². The lowest BCUT2D eigenvalue weighted by Gasteiger charge is -2.13. The molecule has 2 aromatic rings. The lowest BCUT2D eigenvalue weighted by atomic mass is 10.3. The summed E-state index contributed by atoms with van der Waals surface area (Å²) in [6.07, 6.45) is -0.694. The summed E-state index contributed by atoms with van der Waals surface area (Å²) in [7, 11) is 1.31. The first-order valence-corrected chi connectivity index (χ1v) is 7.09. The average molecular weight is 342 g/mol. The van der Waals surface area contributed by atoms with Crippen LogP contribution in [0.3, 0.4) is 0 Å². The summed E-state index contributed by atoms with van der Waals surface area (Å²) in [5.74, 6) is 0.783. The van der Waals surface area contributed by atoms with E-state index in [0.29, 0.717) is 16.5 Å². The Bertz CT molecular complexity index is 661. The predicted molar refractivity (Wildman–Crippen MR) is 82.9 cm³/mol. The molecule has 1 aromatic heterocycles. The quantitative estimate of drug-likeness (QED) is 0.604. The van der Waals surface area contributed by atoms with Crippen molar-refractivity contribution in [2.24, 2.45) is 0 Å². The molecule has 2 rings (SSSR count). The molecule has 1 atom stereocenters. The van der Waals surface area contributed by atoms with E-state index in [4.69, 9.17) is 32.7 Å². The number of pyridine rings is 1. The zero-order valence-electron chi connectivity index (χ0n) is 11.9. The van der Waals surface area contributed by atoms with Crippen LogP contribution in [-0.2, 0) is 9.53 Å². The van der Waals surface area contributed by atoms with E-state index in [1.54, 1.807) is 43.3 Å². The van der Waals surface area contributed by atoms with Gasteiger partial charge < -0.3 is 14.2 Å². The number of nitrogens with zero attached hydrogens (tertiary/aromatic N) is 1. The van der Waals surface area contributed by atoms with E-state index in [-0.39, 0.29) is 11.0 Å². The van der Waals surface area contributed by atoms with E-state index in [9.17, 15) is 4.79 Å². The van der Waals surface area contributed by atoms with Crippen LogP contribution in [0.1, 0.15) is 6.92 Å². The molecule has 1 aromatic carbocycles. The summed E-state index contributed by atoms with van der Waals surface area (Å²) in [5, 5.41) is 0.635. The highest BCUT2D eigenvalue weighted by molar-refractivity contribution is 6.33. The van der Waals surface area contributed by atoms with Crippen LogP contribution in [0, 0.1) is 0 Å². The molecule has 22 heavy (non-hydrogen) atoms. The highest BCUT2D eigenvalue weighted by Crippen LogP contribution is 2.29. The SMILES string of the molecule is COC(=O)[C@@H](C)Oc1ccc(Oc2nc(Cl)ccc2Cl)cc1. The summed E-state index contributed by atoms with van der Waals surface area (Å²) in [5.41, 5.74) is 0. The monoisotopic (exact) mass is 341 g/mol. The van der Waals surface area contributed by atoms with Crippen molar-refractivity contribution >= 4 is 29.2 Å². The van der Waals surface area contributed by atoms with Gasteiger partial charge in [-0.3, -0.25) is 0 Å². The second-order valence-electron chi connectivity index (χ2n) is 4.28. The fourth-order valence-corrected chi connectivity index (χ4v) is 1.87. The largest absolute Gasteiger partial charge is 0.479 e. The molecule has 0 unspecified atom stereocenters. The van der Waals surface area contributed by atoms with Crippen molar-refractivity contribution in [2.75, 3.05) is 7.11 Å². The molecule has 7 heteroatoms. The maximum atomic E-state index is 11.3. The minimum atomic E-state index is -0.694. The summed E-state index contributed by atoms with van der Waals surface area (Å²) >= 11 is 11.8. The van der Waals surface area contributed by atoms with Crippen LogP contribution < -0.4 is 9.47 Å². The molecule has 0 saturated heterocycles. The van der Waals surface area contributed by atoms with Gasteiger partial charge in [0.1, 0.15) is 21.7 Å². The molecule has 0 spiro atoms. The molecule has 0 aliphatic carbocycles. The molecule has 116 valence electrons. The summed E-state index contributed by atoms with van der Waals surface area (Å²) in [4.78, 5) is 15.3. The minimum Gasteiger partial charge on any atom is -0.479 e. The Morgan fingerprint density at radius 3 is 2.36 bits per heavy atom. The topological polar surface area (TPSA) is 57.7 Å². The van der Waals surface area contributed by atoms with Gasteiger partial charge >= 0.3 is 5.97 Å². The first-order chi connectivity index (χ1) is 10.5. The second kappa shape index (κ2) is 7.33. The van der Waals surface area contributed by atoms with Crippen LogP contribution in [-0.4, -0.2) is 24.2 Å². The first-order valence-electron chi connectivity index (χ1n) is 6.34. The fraction of sp³-hybridized carbons (Fsp3) is 0.200. The van der Waals surface area contributed by atoms with Gasteiger partial charge in [0.15, 0.2) is 6.10 Å². The molecule has 0 amide bonds. The molecule has 0 bridgehead atoms. The van der Waals surface area contributed by atoms with Crippen molar-refractivity contribution in [3.8, 4) is 17.4 Å². The van der Waals surface area contributed by atoms with Crippen LogP contribution in [0.25, 0.3) is 0 Å². The number of benzene rings is 1. The maximum Gasteiger partial charge on any atom is 0.346 e. The number of esters is 1. The number of rotatable bonds is 5. The number of carbonyl (C=O) groups is 1. The molecule has 5 nitrogen and oxygen atoms in total. The van der Waals surface area contributed by atoms with Gasteiger partial charge in [0.05, 0.1) is 7.11 Å². The molecule has 1 heterocycles. The number of ether oxygens (including phenoxy) is 3. The van der Waals surface area contributed by atoms with E-state index in [2.05, 4.69) is 9.72 Å². The van der Waals surface area contributed by atoms with Gasteiger partial charge in [0, 0.05) is 0 Å². The summed E-state index contributed by atoms with van der Waals surface area (Å²) in [6, 6.07) is 9.82. The molecule has 0 saturated carbocycles. The lowest BCUT2D eigenvalue weighted by Crippen LogP contribution is -2.24. The van der Waals surface area contributed by atoms with Gasteiger partial charge in [-0.2, -0.15) is 4.98 Å². The van der Waals surface area contributed by atoms with Crippen molar-refractivity contribution in [2.45, 2.75) is 13.0 Å². The van der Waals surface area contributed by atoms with Gasteiger partial charge in [-0.25, -0.2) is 4.79 Å². The van der Waals surface area contributed by atoms with Crippen LogP contribution in [0.15, 0.2) is 36.4 Å². The smallest absolute Gasteiger partial charge is 0.346 e. The van der Waals surface area contributed by atoms with Gasteiger partial charge in [-0.15, -0.1) is 0 Å². The normalized spacial score (nSPS) is 11.6. The lowest BCUT2D eigenvalue weighted by molar-refractivity contribution is -0.147. The first kappa shape index (κ1) is 16.4. The van der Waals surface area contributed by atoms with Crippen LogP contribution in [0.4, 0.5) is 0 Å². The van der Waals surface area contributed by atoms with Crippen molar-refractivity contribution in [3.63, 3.8) is 0 Å². The van der Waals surface area contributed by atoms with E-state index >= 15 is 0 Å². The zero-order chi connectivity index (χ0) is 16.1. The van der Waals surface area contributed by atoms with Crippen LogP contribution in [0.2, 0.25) is 10.2 Å². The third kappa shape index (κ3) is 4.26. The van der Waals surface area contributed by atoms with Crippen molar-refractivity contribution < 1.29 is 19.0 Å². The Morgan fingerprint density at radius 1 is 1.09 bits per heavy atom. The summed E-state index contributed by atoms with van der Waals surface area (Å²) in [6.45, 7) is 1.60. The van der Waals surface area contributed by atoms with Crippen LogP contribution in [0.5, 0.6) is 17.4 Å². The highest BCUT2D eigenvalue weighted by atomic mass is 35.5. The van der Waals surface area contributed by atoms with E-state index in [1.165, 1.54) is 7.11 Å². The van der Waals surface area contributed by atoms with Crippen LogP contribution >= 0.6 is 23.2 Å². The highest BCUT2D eigenvalue weighted by Gasteiger charge is 2.14. The maximum absolute atomic E-state index is 11.3. The van der Waals surface area contributed by atoms with Crippen molar-refractivity contribution in [1.29, 1.82) is 0 Å². The van der Waals surface area contributed by atoms with E-state index < -0.39 is 12.1 Å². The molecule has 0 N–H and O–H groups in total. The Hall–Kier alpha value is -1.98. The summed E-state index contributed by atoms with van der Waals surface area (Å²) < 4.78 is 15.6. The molecule has 0 fully saturated rings. The number of halogens is 2. The fourth-order valence-electron chi connectivity index (χ4n) is 1.59.